The summed E-state index contributed by atoms with van der Waals surface area (Å²) in [5.74, 6) is 0.510. The predicted octanol–water partition coefficient (Wildman–Crippen LogP) is 3.32. The zero-order valence-corrected chi connectivity index (χ0v) is 15.0. The largest absolute Gasteiger partial charge is 0.497 e. The molecule has 2 aromatic carbocycles. The number of methoxy groups -OCH3 is 2. The Balaban J connectivity index is 2.36. The van der Waals surface area contributed by atoms with Crippen molar-refractivity contribution in [3.8, 4) is 11.5 Å². The van der Waals surface area contributed by atoms with Gasteiger partial charge in [0.1, 0.15) is 22.2 Å². The van der Waals surface area contributed by atoms with Crippen LogP contribution < -0.4 is 9.47 Å². The molecular weight excluding hydrogens is 357 g/mol. The monoisotopic (exact) mass is 373 g/mol. The summed E-state index contributed by atoms with van der Waals surface area (Å²) in [6.45, 7) is 0.0381. The van der Waals surface area contributed by atoms with Crippen LogP contribution in [0.25, 0.3) is 0 Å². The smallest absolute Gasteiger partial charge is 0.244 e. The second kappa shape index (κ2) is 7.38. The third-order valence-corrected chi connectivity index (χ3v) is 5.75. The molecule has 0 N–H and O–H groups in total. The first-order valence-electron chi connectivity index (χ1n) is 6.92. The summed E-state index contributed by atoms with van der Waals surface area (Å²) < 4.78 is 50.0. The highest BCUT2D eigenvalue weighted by atomic mass is 35.5. The van der Waals surface area contributed by atoms with Crippen molar-refractivity contribution in [1.82, 2.24) is 4.31 Å². The summed E-state index contributed by atoms with van der Waals surface area (Å²) in [5, 5.41) is -0.167. The molecule has 0 aliphatic carbocycles. The highest BCUT2D eigenvalue weighted by molar-refractivity contribution is 7.89. The SMILES string of the molecule is COc1ccc(OC)c(CN(C)S(=O)(=O)c2ccc(F)cc2Cl)c1. The lowest BCUT2D eigenvalue weighted by Crippen LogP contribution is -2.27. The molecule has 2 rings (SSSR count). The molecule has 130 valence electrons. The second-order valence-corrected chi connectivity index (χ2v) is 7.43. The summed E-state index contributed by atoms with van der Waals surface area (Å²) in [5.41, 5.74) is 0.626. The van der Waals surface area contributed by atoms with Crippen LogP contribution in [0.5, 0.6) is 11.5 Å². The Morgan fingerprint density at radius 2 is 1.83 bits per heavy atom. The van der Waals surface area contributed by atoms with E-state index < -0.39 is 15.8 Å². The summed E-state index contributed by atoms with van der Waals surface area (Å²) in [6, 6.07) is 8.27. The summed E-state index contributed by atoms with van der Waals surface area (Å²) in [6.07, 6.45) is 0. The highest BCUT2D eigenvalue weighted by Gasteiger charge is 2.25. The molecule has 2 aromatic rings. The summed E-state index contributed by atoms with van der Waals surface area (Å²) in [7, 11) is 0.535. The van der Waals surface area contributed by atoms with Crippen molar-refractivity contribution < 1.29 is 22.3 Å². The summed E-state index contributed by atoms with van der Waals surface area (Å²) >= 11 is 5.88. The van der Waals surface area contributed by atoms with Gasteiger partial charge in [0.05, 0.1) is 19.2 Å². The zero-order chi connectivity index (χ0) is 17.9. The van der Waals surface area contributed by atoms with Gasteiger partial charge in [0.15, 0.2) is 0 Å². The van der Waals surface area contributed by atoms with Crippen LogP contribution in [0, 0.1) is 5.82 Å². The van der Waals surface area contributed by atoms with Crippen LogP contribution in [0.4, 0.5) is 4.39 Å². The van der Waals surface area contributed by atoms with Crippen molar-refractivity contribution >= 4 is 21.6 Å². The van der Waals surface area contributed by atoms with E-state index in [1.54, 1.807) is 18.2 Å². The first-order chi connectivity index (χ1) is 11.3. The van der Waals surface area contributed by atoms with E-state index in [0.717, 1.165) is 22.5 Å². The fraction of sp³-hybridized carbons (Fsp3) is 0.250. The van der Waals surface area contributed by atoms with Gasteiger partial charge in [-0.2, -0.15) is 4.31 Å². The number of sulfonamides is 1. The molecule has 0 saturated heterocycles. The molecule has 24 heavy (non-hydrogen) atoms. The van der Waals surface area contributed by atoms with E-state index in [1.165, 1.54) is 21.3 Å². The van der Waals surface area contributed by atoms with Crippen LogP contribution >= 0.6 is 11.6 Å². The molecule has 0 saturated carbocycles. The van der Waals surface area contributed by atoms with E-state index in [4.69, 9.17) is 21.1 Å². The maximum atomic E-state index is 13.1. The third-order valence-electron chi connectivity index (χ3n) is 3.46. The number of benzene rings is 2. The highest BCUT2D eigenvalue weighted by Crippen LogP contribution is 2.29. The number of rotatable bonds is 6. The van der Waals surface area contributed by atoms with Crippen molar-refractivity contribution in [3.63, 3.8) is 0 Å². The fourth-order valence-corrected chi connectivity index (χ4v) is 3.83. The molecule has 0 aromatic heterocycles. The Hall–Kier alpha value is -1.83. The van der Waals surface area contributed by atoms with Gasteiger partial charge in [-0.1, -0.05) is 11.6 Å². The first-order valence-corrected chi connectivity index (χ1v) is 8.73. The quantitative estimate of drug-likeness (QED) is 0.779. The molecule has 0 bridgehead atoms. The van der Waals surface area contributed by atoms with Crippen LogP contribution in [0.15, 0.2) is 41.3 Å². The lowest BCUT2D eigenvalue weighted by Gasteiger charge is -2.20. The van der Waals surface area contributed by atoms with Crippen molar-refractivity contribution in [2.75, 3.05) is 21.3 Å². The number of ether oxygens (including phenoxy) is 2. The summed E-state index contributed by atoms with van der Waals surface area (Å²) in [4.78, 5) is -0.157. The van der Waals surface area contributed by atoms with E-state index in [9.17, 15) is 12.8 Å². The maximum Gasteiger partial charge on any atom is 0.244 e. The molecule has 0 amide bonds. The van der Waals surface area contributed by atoms with Crippen LogP contribution in [-0.2, 0) is 16.6 Å². The van der Waals surface area contributed by atoms with Crippen LogP contribution in [0.2, 0.25) is 5.02 Å². The normalized spacial score (nSPS) is 11.6. The van der Waals surface area contributed by atoms with Crippen molar-refractivity contribution in [2.24, 2.45) is 0 Å². The van der Waals surface area contributed by atoms with Gasteiger partial charge in [-0.3, -0.25) is 0 Å². The van der Waals surface area contributed by atoms with E-state index >= 15 is 0 Å². The topological polar surface area (TPSA) is 55.8 Å². The lowest BCUT2D eigenvalue weighted by atomic mass is 10.2. The van der Waals surface area contributed by atoms with Gasteiger partial charge in [0.25, 0.3) is 0 Å². The minimum absolute atomic E-state index is 0.0381. The van der Waals surface area contributed by atoms with Gasteiger partial charge in [-0.15, -0.1) is 0 Å². The Kier molecular flexibility index (Phi) is 5.69. The minimum Gasteiger partial charge on any atom is -0.497 e. The Morgan fingerprint density at radius 3 is 2.42 bits per heavy atom. The molecule has 0 fully saturated rings. The van der Waals surface area contributed by atoms with E-state index in [-0.39, 0.29) is 16.5 Å². The first kappa shape index (κ1) is 18.5. The molecule has 5 nitrogen and oxygen atoms in total. The molecule has 0 atom stereocenters. The molecule has 0 heterocycles. The third kappa shape index (κ3) is 3.80. The minimum atomic E-state index is -3.89. The Morgan fingerprint density at radius 1 is 1.12 bits per heavy atom. The number of nitrogens with zero attached hydrogens (tertiary/aromatic N) is 1. The standard InChI is InChI=1S/C16H17ClFNO4S/c1-19(10-11-8-13(22-2)5-6-15(11)23-3)24(20,21)16-7-4-12(18)9-14(16)17/h4-9H,10H2,1-3H3. The van der Waals surface area contributed by atoms with Gasteiger partial charge in [-0.05, 0) is 36.4 Å². The number of hydrogen-bond acceptors (Lipinski definition) is 4. The van der Waals surface area contributed by atoms with Gasteiger partial charge in [-0.25, -0.2) is 12.8 Å². The van der Waals surface area contributed by atoms with Crippen LogP contribution in [0.1, 0.15) is 5.56 Å². The maximum absolute atomic E-state index is 13.1. The van der Waals surface area contributed by atoms with Gasteiger partial charge in [0.2, 0.25) is 10.0 Å². The van der Waals surface area contributed by atoms with Crippen molar-refractivity contribution in [3.05, 3.63) is 52.8 Å². The number of hydrogen-bond donors (Lipinski definition) is 0. The van der Waals surface area contributed by atoms with E-state index in [1.807, 2.05) is 0 Å². The van der Waals surface area contributed by atoms with Crippen molar-refractivity contribution in [2.45, 2.75) is 11.4 Å². The Labute approximate surface area is 145 Å². The number of halogens is 2. The Bertz CT molecular complexity index is 842. The average Bonchev–Trinajstić information content (AvgIpc) is 2.54. The van der Waals surface area contributed by atoms with Crippen molar-refractivity contribution in [1.29, 1.82) is 0 Å². The van der Waals surface area contributed by atoms with Crippen LogP contribution in [0.3, 0.4) is 0 Å². The molecule has 8 heteroatoms. The zero-order valence-electron chi connectivity index (χ0n) is 13.4. The van der Waals surface area contributed by atoms with Gasteiger partial charge >= 0.3 is 0 Å². The van der Waals surface area contributed by atoms with E-state index in [2.05, 4.69) is 0 Å². The molecule has 0 radical (unpaired) electrons. The molecular formula is C16H17ClFNO4S. The average molecular weight is 374 g/mol. The fourth-order valence-electron chi connectivity index (χ4n) is 2.18. The van der Waals surface area contributed by atoms with E-state index in [0.29, 0.717) is 17.1 Å². The van der Waals surface area contributed by atoms with Gasteiger partial charge in [0, 0.05) is 19.2 Å². The molecule has 0 unspecified atom stereocenters. The van der Waals surface area contributed by atoms with Crippen LogP contribution in [-0.4, -0.2) is 34.0 Å². The molecule has 0 aliphatic rings. The van der Waals surface area contributed by atoms with Gasteiger partial charge < -0.3 is 9.47 Å². The second-order valence-electron chi connectivity index (χ2n) is 5.01. The predicted molar refractivity (Wildman–Crippen MR) is 89.6 cm³/mol. The molecule has 0 spiro atoms. The molecule has 0 aliphatic heterocycles. The lowest BCUT2D eigenvalue weighted by molar-refractivity contribution is 0.389.